The minimum Gasteiger partial charge on any atom is -0.456 e. The molecule has 6 heteroatoms. The van der Waals surface area contributed by atoms with Gasteiger partial charge in [-0.25, -0.2) is 19.9 Å². The van der Waals surface area contributed by atoms with Gasteiger partial charge in [-0.3, -0.25) is 0 Å². The second kappa shape index (κ2) is 11.2. The van der Waals surface area contributed by atoms with Crippen molar-refractivity contribution in [3.05, 3.63) is 158 Å². The quantitative estimate of drug-likeness (QED) is 0.186. The molecule has 0 unspecified atom stereocenters. The fraction of sp³-hybridized carbons (Fsp3) is 0. The Morgan fingerprint density at radius 1 is 0.365 bits per heavy atom. The smallest absolute Gasteiger partial charge is 0.227 e. The molecule has 0 amide bonds. The molecule has 0 saturated carbocycles. The Kier molecular flexibility index (Phi) is 6.15. The summed E-state index contributed by atoms with van der Waals surface area (Å²) in [6, 6.07) is 53.8. The molecule has 0 aliphatic rings. The lowest BCUT2D eigenvalue weighted by Crippen LogP contribution is -2.01. The summed E-state index contributed by atoms with van der Waals surface area (Å²) in [4.78, 5) is 20.6. The molecule has 3 aromatic heterocycles. The lowest BCUT2D eigenvalue weighted by atomic mass is 10.0. The van der Waals surface area contributed by atoms with Gasteiger partial charge in [0, 0.05) is 33.5 Å². The average molecular weight is 667 g/mol. The molecule has 11 rings (SSSR count). The molecular weight excluding hydrogens is 641 g/mol. The molecule has 0 N–H and O–H groups in total. The van der Waals surface area contributed by atoms with Gasteiger partial charge in [0.1, 0.15) is 16.7 Å². The topological polar surface area (TPSA) is 77.8 Å². The highest BCUT2D eigenvalue weighted by Gasteiger charge is 2.25. The molecule has 3 heterocycles. The highest BCUT2D eigenvalue weighted by atomic mass is 16.4. The third-order valence-corrected chi connectivity index (χ3v) is 9.89. The largest absolute Gasteiger partial charge is 0.456 e. The Labute approximate surface area is 296 Å². The summed E-state index contributed by atoms with van der Waals surface area (Å²) < 4.78 is 13.2. The Hall–Kier alpha value is -7.18. The summed E-state index contributed by atoms with van der Waals surface area (Å²) in [6.07, 6.45) is 0. The summed E-state index contributed by atoms with van der Waals surface area (Å²) in [7, 11) is 0. The molecule has 6 nitrogen and oxygen atoms in total. The van der Waals surface area contributed by atoms with Crippen molar-refractivity contribution in [3.8, 4) is 45.6 Å². The molecular formula is C46H26N4O2. The van der Waals surface area contributed by atoms with Crippen LogP contribution in [0.4, 0.5) is 0 Å². The van der Waals surface area contributed by atoms with Crippen LogP contribution in [0.25, 0.3) is 111 Å². The third kappa shape index (κ3) is 4.58. The molecule has 0 radical (unpaired) electrons. The highest BCUT2D eigenvalue weighted by molar-refractivity contribution is 6.18. The van der Waals surface area contributed by atoms with Crippen LogP contribution in [0.15, 0.2) is 167 Å². The van der Waals surface area contributed by atoms with Crippen molar-refractivity contribution in [1.29, 1.82) is 0 Å². The first kappa shape index (κ1) is 28.6. The van der Waals surface area contributed by atoms with E-state index in [2.05, 4.69) is 91.0 Å². The lowest BCUT2D eigenvalue weighted by molar-refractivity contribution is 0.620. The van der Waals surface area contributed by atoms with E-state index in [0.717, 1.165) is 65.4 Å². The Balaban J connectivity index is 1.21. The minimum absolute atomic E-state index is 0.477. The zero-order valence-corrected chi connectivity index (χ0v) is 27.6. The Morgan fingerprint density at radius 3 is 1.48 bits per heavy atom. The average Bonchev–Trinajstić information content (AvgIpc) is 3.80. The summed E-state index contributed by atoms with van der Waals surface area (Å²) in [6.45, 7) is 0. The van der Waals surface area contributed by atoms with Crippen LogP contribution in [-0.2, 0) is 0 Å². The SMILES string of the molecule is c1ccc2cc(-c3nc(-c4ccc5ccccc5c4)nc(-c4c5oc(-c6ccc7ccccc7c6)nc5cc5oc6ccccc6c45)n3)ccc2c1. The van der Waals surface area contributed by atoms with E-state index in [1.165, 1.54) is 0 Å². The maximum absolute atomic E-state index is 6.77. The first-order chi connectivity index (χ1) is 25.7. The van der Waals surface area contributed by atoms with Gasteiger partial charge in [-0.1, -0.05) is 121 Å². The second-order valence-electron chi connectivity index (χ2n) is 13.1. The van der Waals surface area contributed by atoms with Crippen molar-refractivity contribution in [2.45, 2.75) is 0 Å². The molecule has 0 fully saturated rings. The number of para-hydroxylation sites is 1. The van der Waals surface area contributed by atoms with Gasteiger partial charge in [-0.2, -0.15) is 0 Å². The van der Waals surface area contributed by atoms with Crippen LogP contribution in [0, 0.1) is 0 Å². The minimum atomic E-state index is 0.477. The maximum atomic E-state index is 6.77. The number of aromatic nitrogens is 4. The maximum Gasteiger partial charge on any atom is 0.227 e. The van der Waals surface area contributed by atoms with Crippen molar-refractivity contribution < 1.29 is 8.83 Å². The van der Waals surface area contributed by atoms with Gasteiger partial charge >= 0.3 is 0 Å². The summed E-state index contributed by atoms with van der Waals surface area (Å²) >= 11 is 0. The van der Waals surface area contributed by atoms with Crippen LogP contribution in [0.1, 0.15) is 0 Å². The van der Waals surface area contributed by atoms with Crippen LogP contribution in [0.3, 0.4) is 0 Å². The first-order valence-electron chi connectivity index (χ1n) is 17.2. The molecule has 0 spiro atoms. The van der Waals surface area contributed by atoms with Crippen LogP contribution in [-0.4, -0.2) is 19.9 Å². The van der Waals surface area contributed by atoms with Crippen LogP contribution in [0.2, 0.25) is 0 Å². The zero-order valence-electron chi connectivity index (χ0n) is 27.6. The van der Waals surface area contributed by atoms with Gasteiger partial charge in [0.05, 0.1) is 5.56 Å². The van der Waals surface area contributed by atoms with Gasteiger partial charge in [-0.15, -0.1) is 0 Å². The summed E-state index contributed by atoms with van der Waals surface area (Å²) in [5, 5.41) is 8.58. The molecule has 0 saturated heterocycles. The van der Waals surface area contributed by atoms with Gasteiger partial charge in [0.2, 0.25) is 5.89 Å². The van der Waals surface area contributed by atoms with Crippen LogP contribution in [0.5, 0.6) is 0 Å². The molecule has 0 bridgehead atoms. The second-order valence-corrected chi connectivity index (χ2v) is 13.1. The van der Waals surface area contributed by atoms with E-state index in [4.69, 9.17) is 28.8 Å². The normalized spacial score (nSPS) is 11.8. The fourth-order valence-electron chi connectivity index (χ4n) is 7.33. The number of rotatable bonds is 4. The van der Waals surface area contributed by atoms with E-state index in [9.17, 15) is 0 Å². The van der Waals surface area contributed by atoms with E-state index >= 15 is 0 Å². The molecule has 11 aromatic rings. The van der Waals surface area contributed by atoms with Gasteiger partial charge < -0.3 is 8.83 Å². The standard InChI is InChI=1S/C46H26N4O2/c1-4-12-30-23-33(20-17-27(30)9-1)43-48-44(34-21-18-28-10-2-5-13-31(28)24-34)50-45(49-43)41-40-36-15-7-8-16-38(36)51-39(40)26-37-42(41)52-46(47-37)35-22-19-29-11-3-6-14-32(29)25-35/h1-26H. The number of furan rings is 1. The molecule has 8 aromatic carbocycles. The van der Waals surface area contributed by atoms with Crippen LogP contribution >= 0.6 is 0 Å². The van der Waals surface area contributed by atoms with E-state index in [1.807, 2.05) is 66.7 Å². The summed E-state index contributed by atoms with van der Waals surface area (Å²) in [5.74, 6) is 2.11. The Bertz CT molecular complexity index is 3120. The first-order valence-corrected chi connectivity index (χ1v) is 17.2. The van der Waals surface area contributed by atoms with Crippen molar-refractivity contribution in [3.63, 3.8) is 0 Å². The number of benzene rings is 8. The van der Waals surface area contributed by atoms with Crippen LogP contribution < -0.4 is 0 Å². The molecule has 52 heavy (non-hydrogen) atoms. The fourth-order valence-corrected chi connectivity index (χ4v) is 7.33. The van der Waals surface area contributed by atoms with Gasteiger partial charge in [0.25, 0.3) is 0 Å². The number of hydrogen-bond acceptors (Lipinski definition) is 6. The van der Waals surface area contributed by atoms with Crippen molar-refractivity contribution >= 4 is 65.4 Å². The molecule has 0 aliphatic carbocycles. The van der Waals surface area contributed by atoms with Gasteiger partial charge in [-0.05, 0) is 62.6 Å². The van der Waals surface area contributed by atoms with Crippen molar-refractivity contribution in [2.24, 2.45) is 0 Å². The van der Waals surface area contributed by atoms with Crippen molar-refractivity contribution in [2.75, 3.05) is 0 Å². The van der Waals surface area contributed by atoms with E-state index < -0.39 is 0 Å². The predicted molar refractivity (Wildman–Crippen MR) is 209 cm³/mol. The van der Waals surface area contributed by atoms with Gasteiger partial charge in [0.15, 0.2) is 23.1 Å². The number of oxazole rings is 1. The zero-order chi connectivity index (χ0) is 34.2. The monoisotopic (exact) mass is 666 g/mol. The van der Waals surface area contributed by atoms with E-state index in [-0.39, 0.29) is 0 Å². The van der Waals surface area contributed by atoms with E-state index in [1.54, 1.807) is 0 Å². The summed E-state index contributed by atoms with van der Waals surface area (Å²) in [5.41, 5.74) is 6.06. The Morgan fingerprint density at radius 2 is 0.865 bits per heavy atom. The van der Waals surface area contributed by atoms with E-state index in [0.29, 0.717) is 45.6 Å². The number of nitrogens with zero attached hydrogens (tertiary/aromatic N) is 4. The molecule has 242 valence electrons. The molecule has 0 atom stereocenters. The number of hydrogen-bond donors (Lipinski definition) is 0. The molecule has 0 aliphatic heterocycles. The highest BCUT2D eigenvalue weighted by Crippen LogP contribution is 2.43. The third-order valence-electron chi connectivity index (χ3n) is 9.89. The number of fused-ring (bicyclic) bond motifs is 7. The van der Waals surface area contributed by atoms with Crippen molar-refractivity contribution in [1.82, 2.24) is 19.9 Å². The lowest BCUT2D eigenvalue weighted by Gasteiger charge is -2.11. The predicted octanol–water partition coefficient (Wildman–Crippen LogP) is 12.0.